The van der Waals surface area contributed by atoms with Gasteiger partial charge >= 0.3 is 27.3 Å². The Morgan fingerprint density at radius 2 is 1.69 bits per heavy atom. The summed E-state index contributed by atoms with van der Waals surface area (Å²) in [4.78, 5) is 115. The summed E-state index contributed by atoms with van der Waals surface area (Å²) < 4.78 is 66.8. The minimum Gasteiger partial charge on any atom is -0.491 e. The molecule has 3 heterocycles. The molecule has 1 aliphatic carbocycles. The van der Waals surface area contributed by atoms with Crippen LogP contribution in [0.5, 0.6) is 5.75 Å². The van der Waals surface area contributed by atoms with E-state index in [1.807, 2.05) is 52.0 Å². The van der Waals surface area contributed by atoms with E-state index in [0.717, 1.165) is 39.6 Å². The highest BCUT2D eigenvalue weighted by atomic mass is 31.3. The number of hydrogen-bond acceptors (Lipinski definition) is 20. The molecule has 9 N–H and O–H groups in total. The highest BCUT2D eigenvalue weighted by Crippen LogP contribution is 2.64. The zero-order chi connectivity index (χ0) is 63.7. The Balaban J connectivity index is 0.846. The van der Waals surface area contributed by atoms with E-state index in [4.69, 9.17) is 38.3 Å². The number of carboxylic acid groups (broad SMARTS) is 1. The van der Waals surface area contributed by atoms with Crippen LogP contribution in [0.1, 0.15) is 80.7 Å². The molecule has 0 spiro atoms. The fourth-order valence-corrected chi connectivity index (χ4v) is 12.1. The molecule has 88 heavy (non-hydrogen) atoms. The number of aromatic carboxylic acids is 1. The Labute approximate surface area is 502 Å². The van der Waals surface area contributed by atoms with E-state index in [-0.39, 0.29) is 80.3 Å². The number of nitrogens with one attached hydrogen (secondary N) is 5. The monoisotopic (exact) mass is 1280 g/mol. The molecule has 3 amide bonds. The Kier molecular flexibility index (Phi) is 23.9. The Morgan fingerprint density at radius 1 is 0.943 bits per heavy atom. The molecule has 7 rings (SSSR count). The van der Waals surface area contributed by atoms with Crippen molar-refractivity contribution in [1.29, 1.82) is 0 Å². The Bertz CT molecular complexity index is 3950. The van der Waals surface area contributed by atoms with Gasteiger partial charge in [-0.3, -0.25) is 38.2 Å². The third-order valence-electron chi connectivity index (χ3n) is 12.8. The summed E-state index contributed by atoms with van der Waals surface area (Å²) in [5, 5.41) is 26.8. The second-order valence-corrected chi connectivity index (χ2v) is 23.6. The van der Waals surface area contributed by atoms with Gasteiger partial charge in [-0.2, -0.15) is 4.31 Å². The van der Waals surface area contributed by atoms with Crippen molar-refractivity contribution in [3.05, 3.63) is 143 Å². The number of rotatable bonds is 29. The maximum absolute atomic E-state index is 13.7. The summed E-state index contributed by atoms with van der Waals surface area (Å²) in [5.41, 5.74) is 12.3. The molecule has 0 bridgehead atoms. The van der Waals surface area contributed by atoms with Crippen molar-refractivity contribution in [2.45, 2.75) is 59.1 Å². The summed E-state index contributed by atoms with van der Waals surface area (Å²) in [6.07, 6.45) is -1.54. The molecular weight excluding hydrogens is 1210 g/mol. The third-order valence-corrected chi connectivity index (χ3v) is 16.7. The van der Waals surface area contributed by atoms with Gasteiger partial charge in [0.15, 0.2) is 14.6 Å². The van der Waals surface area contributed by atoms with Crippen molar-refractivity contribution in [2.75, 3.05) is 77.7 Å². The lowest BCUT2D eigenvalue weighted by Gasteiger charge is -2.20. The van der Waals surface area contributed by atoms with E-state index >= 15 is 0 Å². The summed E-state index contributed by atoms with van der Waals surface area (Å²) >= 11 is 0. The molecule has 4 aromatic rings. The molecule has 1 saturated heterocycles. The maximum atomic E-state index is 13.7. The van der Waals surface area contributed by atoms with E-state index in [1.165, 1.54) is 24.3 Å². The molecule has 1 fully saturated rings. The topological polar surface area (TPSA) is 425 Å². The zero-order valence-corrected chi connectivity index (χ0v) is 50.7. The minimum atomic E-state index is -5.16. The van der Waals surface area contributed by atoms with Crippen LogP contribution >= 0.6 is 24.0 Å². The van der Waals surface area contributed by atoms with Crippen molar-refractivity contribution >= 4 is 64.4 Å². The summed E-state index contributed by atoms with van der Waals surface area (Å²) in [5.74, 6) is 3.07. The highest BCUT2D eigenvalue weighted by molar-refractivity contribution is 7.66. The van der Waals surface area contributed by atoms with Gasteiger partial charge in [0.1, 0.15) is 42.1 Å². The minimum absolute atomic E-state index is 0.00916. The molecule has 2 aliphatic heterocycles. The lowest BCUT2D eigenvalue weighted by Crippen LogP contribution is -2.34. The first-order valence-corrected chi connectivity index (χ1v) is 31.7. The summed E-state index contributed by atoms with van der Waals surface area (Å²) in [6.45, 7) is 8.21. The molecule has 3 aliphatic rings. The fraction of sp³-hybridized carbons (Fsp3) is 0.364. The number of phosphoric ester groups is 1. The van der Waals surface area contributed by atoms with Gasteiger partial charge in [-0.05, 0) is 111 Å². The van der Waals surface area contributed by atoms with Crippen LogP contribution < -0.4 is 42.6 Å². The molecule has 6 atom stereocenters. The quantitative estimate of drug-likeness (QED) is 0.00497. The molecule has 4 unspecified atom stereocenters. The molecule has 0 radical (unpaired) electrons. The smallest absolute Gasteiger partial charge is 0.486 e. The number of aryl methyl sites for hydroxylation is 2. The second kappa shape index (κ2) is 31.2. The van der Waals surface area contributed by atoms with Crippen molar-refractivity contribution in [1.82, 2.24) is 25.5 Å². The van der Waals surface area contributed by atoms with Gasteiger partial charge in [0, 0.05) is 89.4 Å². The van der Waals surface area contributed by atoms with Crippen molar-refractivity contribution < 1.29 is 84.6 Å². The average molecular weight is 1280 g/mol. The van der Waals surface area contributed by atoms with Gasteiger partial charge in [-0.25, -0.2) is 23.0 Å². The number of carbonyl (C=O) groups excluding carboxylic acids is 3. The van der Waals surface area contributed by atoms with Crippen molar-refractivity contribution in [2.24, 2.45) is 10.1 Å². The summed E-state index contributed by atoms with van der Waals surface area (Å²) in [6, 6.07) is 18.0. The standard InChI is InChI=1S/C55H63N10O20P3/c1-6-57-43-26-45-41(22-32(43)3)50(42-23-33(4)44(58-7-2)27-46(42)83-45)40-25-35(13-15-39(40)54(70)71)52(68)61-19-18-60-51(67)34-10-8-12-37(24-34)80-31-48(63-64-56)79-21-20-78-30-47(66)59-17-9-11-36-28-65(55(72)62-53(36)69)49-16-14-38(82-49)29-81-87(74,75)85-88(76,77)84-86(5)73/h8,10,12-13,15,22-28,38,48-49,57,73H,6-7,14,16-21,29-31H2,1-5H3,(H,59,66)(H,60,67)(H,61,68)(H,70,71)(H,74,75)(H,76,77)(H,62,69,72)/b58-44-/t38-,48?,49+,86?/m0/s1. The van der Waals surface area contributed by atoms with Crippen LogP contribution in [-0.4, -0.2) is 138 Å². The van der Waals surface area contributed by atoms with Crippen LogP contribution in [0.25, 0.3) is 43.9 Å². The fourth-order valence-electron chi connectivity index (χ4n) is 8.94. The number of carboxylic acids is 1. The van der Waals surface area contributed by atoms with E-state index in [9.17, 15) is 52.8 Å². The van der Waals surface area contributed by atoms with Gasteiger partial charge in [0.2, 0.25) is 5.91 Å². The molecule has 33 heteroatoms. The van der Waals surface area contributed by atoms with E-state index in [1.54, 1.807) is 18.2 Å². The van der Waals surface area contributed by atoms with Gasteiger partial charge in [-0.1, -0.05) is 23.0 Å². The maximum Gasteiger partial charge on any atom is 0.486 e. The number of aromatic amines is 1. The number of phosphoric acid groups is 2. The van der Waals surface area contributed by atoms with Crippen LogP contribution in [0.3, 0.4) is 0 Å². The van der Waals surface area contributed by atoms with Crippen LogP contribution in [0.2, 0.25) is 0 Å². The van der Waals surface area contributed by atoms with E-state index < -0.39 is 90.7 Å². The number of amides is 3. The van der Waals surface area contributed by atoms with E-state index in [0.29, 0.717) is 46.5 Å². The van der Waals surface area contributed by atoms with Gasteiger partial charge < -0.3 is 64.4 Å². The molecule has 0 saturated carbocycles. The lowest BCUT2D eigenvalue weighted by atomic mass is 9.88. The number of azide groups is 1. The van der Waals surface area contributed by atoms with Crippen LogP contribution in [0, 0.1) is 25.7 Å². The summed E-state index contributed by atoms with van der Waals surface area (Å²) in [7, 11) is -12.7. The van der Waals surface area contributed by atoms with Gasteiger partial charge in [-0.15, -0.1) is 0 Å². The Hall–Kier alpha value is -8.09. The molecular formula is C55H63N10O20P3. The zero-order valence-electron chi connectivity index (χ0n) is 48.0. The number of fused-ring (bicyclic) bond motifs is 2. The number of hydrogen-bond donors (Lipinski definition) is 9. The van der Waals surface area contributed by atoms with E-state index in [2.05, 4.69) is 61.7 Å². The van der Waals surface area contributed by atoms with Crippen LogP contribution in [-0.2, 0) is 41.3 Å². The Morgan fingerprint density at radius 3 is 2.40 bits per heavy atom. The first-order chi connectivity index (χ1) is 42.0. The number of nitrogens with zero attached hydrogens (tertiary/aromatic N) is 5. The molecule has 1 aromatic heterocycles. The number of carbonyl (C=O) groups is 4. The number of ether oxygens (including phenoxy) is 4. The van der Waals surface area contributed by atoms with Crippen LogP contribution in [0.15, 0.2) is 97.0 Å². The SMILES string of the molecule is CC/N=c1/cc2oc3cc(NCC)c(C)cc3c(-c3cc(C(=O)NCCNC(=O)c4cccc(OCC(N=[N+]=[N-])OCCOCC(=O)NCC#Cc5cn([C@H]6CC[C@@H](COP(=O)(O)OP(=O)(O)OP(C)O)O6)c(=O)[nH]c5=O)c4)ccc3C(=O)O)c-2cc1C. The number of H-pyrrole nitrogens is 1. The second-order valence-electron chi connectivity index (χ2n) is 19.2. The first-order valence-electron chi connectivity index (χ1n) is 27.1. The van der Waals surface area contributed by atoms with Gasteiger partial charge in [0.25, 0.3) is 17.4 Å². The molecule has 3 aromatic carbocycles. The third kappa shape index (κ3) is 18.7. The molecule has 30 nitrogen and oxygen atoms in total. The first kappa shape index (κ1) is 67.4. The number of aromatic nitrogens is 2. The number of anilines is 1. The highest BCUT2D eigenvalue weighted by Gasteiger charge is 2.39. The predicted molar refractivity (Wildman–Crippen MR) is 318 cm³/mol. The lowest BCUT2D eigenvalue weighted by molar-refractivity contribution is -0.126. The largest absolute Gasteiger partial charge is 0.491 e. The predicted octanol–water partition coefficient (Wildman–Crippen LogP) is 5.96. The van der Waals surface area contributed by atoms with Gasteiger partial charge in [0.05, 0.1) is 43.4 Å². The molecule has 468 valence electrons. The van der Waals surface area contributed by atoms with Crippen molar-refractivity contribution in [3.63, 3.8) is 0 Å². The normalized spacial score (nSPS) is 16.1. The van der Waals surface area contributed by atoms with Crippen molar-refractivity contribution in [3.8, 4) is 40.0 Å². The average Bonchev–Trinajstić information content (AvgIpc) is 1.34. The van der Waals surface area contributed by atoms with Crippen LogP contribution in [0.4, 0.5) is 5.69 Å². The number of benzene rings is 4.